The molecule has 19 heavy (non-hydrogen) atoms. The molecule has 0 aliphatic rings. The highest BCUT2D eigenvalue weighted by Crippen LogP contribution is 2.21. The lowest BCUT2D eigenvalue weighted by atomic mass is 10.1. The Morgan fingerprint density at radius 1 is 1.00 bits per heavy atom. The first kappa shape index (κ1) is 13.6. The van der Waals surface area contributed by atoms with Crippen LogP contribution in [0.2, 0.25) is 0 Å². The van der Waals surface area contributed by atoms with Crippen LogP contribution in [0, 0.1) is 0 Å². The molecule has 0 saturated heterocycles. The molecule has 3 nitrogen and oxygen atoms in total. The van der Waals surface area contributed by atoms with Crippen molar-refractivity contribution in [3.63, 3.8) is 0 Å². The lowest BCUT2D eigenvalue weighted by molar-refractivity contribution is 0.0456. The van der Waals surface area contributed by atoms with Crippen LogP contribution < -0.4 is 10.5 Å². The first-order chi connectivity index (χ1) is 9.33. The predicted molar refractivity (Wildman–Crippen MR) is 76.0 cm³/mol. The van der Waals surface area contributed by atoms with Crippen molar-refractivity contribution in [3.8, 4) is 5.75 Å². The Morgan fingerprint density at radius 3 is 2.26 bits per heavy atom. The Morgan fingerprint density at radius 2 is 1.68 bits per heavy atom. The summed E-state index contributed by atoms with van der Waals surface area (Å²) in [4.78, 5) is 0. The van der Waals surface area contributed by atoms with E-state index >= 15 is 0 Å². The third-order valence-corrected chi connectivity index (χ3v) is 3.00. The summed E-state index contributed by atoms with van der Waals surface area (Å²) in [6.07, 6.45) is -0.0916. The number of ether oxygens (including phenoxy) is 2. The molecule has 2 aromatic rings. The molecule has 3 heteroatoms. The molecule has 2 rings (SSSR count). The molecule has 2 N–H and O–H groups in total. The molecule has 0 aromatic heterocycles. The molecule has 0 bridgehead atoms. The van der Waals surface area contributed by atoms with E-state index in [1.54, 1.807) is 7.11 Å². The van der Waals surface area contributed by atoms with E-state index < -0.39 is 0 Å². The number of methoxy groups -OCH3 is 1. The molecule has 0 radical (unpaired) electrons. The number of rotatable bonds is 6. The SMILES string of the molecule is COc1ccc(C(CN)OCc2ccccc2)cc1. The molecule has 1 unspecified atom stereocenters. The van der Waals surface area contributed by atoms with Gasteiger partial charge in [-0.1, -0.05) is 42.5 Å². The fourth-order valence-corrected chi connectivity index (χ4v) is 1.89. The van der Waals surface area contributed by atoms with E-state index in [2.05, 4.69) is 0 Å². The maximum absolute atomic E-state index is 5.87. The zero-order valence-corrected chi connectivity index (χ0v) is 11.1. The van der Waals surface area contributed by atoms with Crippen molar-refractivity contribution < 1.29 is 9.47 Å². The maximum Gasteiger partial charge on any atom is 0.118 e. The van der Waals surface area contributed by atoms with Gasteiger partial charge >= 0.3 is 0 Å². The second-order valence-corrected chi connectivity index (χ2v) is 4.29. The van der Waals surface area contributed by atoms with Gasteiger partial charge in [0.05, 0.1) is 19.8 Å². The van der Waals surface area contributed by atoms with Gasteiger partial charge in [0.2, 0.25) is 0 Å². The standard InChI is InChI=1S/C16H19NO2/c1-18-15-9-7-14(8-10-15)16(11-17)19-12-13-5-3-2-4-6-13/h2-10,16H,11-12,17H2,1H3. The highest BCUT2D eigenvalue weighted by Gasteiger charge is 2.10. The molecular formula is C16H19NO2. The number of nitrogens with two attached hydrogens (primary N) is 1. The van der Waals surface area contributed by atoms with Gasteiger partial charge in [0.1, 0.15) is 5.75 Å². The molecule has 100 valence electrons. The van der Waals surface area contributed by atoms with E-state index in [4.69, 9.17) is 15.2 Å². The van der Waals surface area contributed by atoms with Crippen molar-refractivity contribution in [2.24, 2.45) is 5.73 Å². The van der Waals surface area contributed by atoms with Gasteiger partial charge in [0, 0.05) is 6.54 Å². The van der Waals surface area contributed by atoms with E-state index in [0.29, 0.717) is 13.2 Å². The van der Waals surface area contributed by atoms with Crippen molar-refractivity contribution in [2.45, 2.75) is 12.7 Å². The molecule has 2 aromatic carbocycles. The lowest BCUT2D eigenvalue weighted by Crippen LogP contribution is -2.15. The highest BCUT2D eigenvalue weighted by molar-refractivity contribution is 5.28. The van der Waals surface area contributed by atoms with Crippen LogP contribution >= 0.6 is 0 Å². The topological polar surface area (TPSA) is 44.5 Å². The van der Waals surface area contributed by atoms with Crippen LogP contribution in [0.1, 0.15) is 17.2 Å². The van der Waals surface area contributed by atoms with Crippen LogP contribution in [0.25, 0.3) is 0 Å². The number of hydrogen-bond donors (Lipinski definition) is 1. The zero-order chi connectivity index (χ0) is 13.5. The van der Waals surface area contributed by atoms with Gasteiger partial charge in [-0.15, -0.1) is 0 Å². The van der Waals surface area contributed by atoms with Gasteiger partial charge in [-0.25, -0.2) is 0 Å². The molecule has 0 saturated carbocycles. The van der Waals surface area contributed by atoms with Gasteiger partial charge in [0.25, 0.3) is 0 Å². The van der Waals surface area contributed by atoms with Crippen LogP contribution in [0.3, 0.4) is 0 Å². The molecule has 0 aliphatic heterocycles. The molecule has 1 atom stereocenters. The van der Waals surface area contributed by atoms with Crippen LogP contribution in [0.5, 0.6) is 5.75 Å². The summed E-state index contributed by atoms with van der Waals surface area (Å²) in [6, 6.07) is 17.9. The Labute approximate surface area is 114 Å². The Bertz CT molecular complexity index is 482. The van der Waals surface area contributed by atoms with Crippen molar-refractivity contribution in [1.29, 1.82) is 0 Å². The van der Waals surface area contributed by atoms with Crippen LogP contribution in [0.4, 0.5) is 0 Å². The van der Waals surface area contributed by atoms with E-state index in [-0.39, 0.29) is 6.10 Å². The van der Waals surface area contributed by atoms with E-state index in [9.17, 15) is 0 Å². The van der Waals surface area contributed by atoms with Gasteiger partial charge in [-0.2, -0.15) is 0 Å². The summed E-state index contributed by atoms with van der Waals surface area (Å²) in [7, 11) is 1.65. The summed E-state index contributed by atoms with van der Waals surface area (Å²) < 4.78 is 11.0. The van der Waals surface area contributed by atoms with Crippen LogP contribution in [0.15, 0.2) is 54.6 Å². The van der Waals surface area contributed by atoms with Crippen molar-refractivity contribution >= 4 is 0 Å². The molecule has 0 fully saturated rings. The molecule has 0 amide bonds. The van der Waals surface area contributed by atoms with Crippen molar-refractivity contribution in [2.75, 3.05) is 13.7 Å². The number of benzene rings is 2. The minimum atomic E-state index is -0.0916. The molecule has 0 heterocycles. The average Bonchev–Trinajstić information content (AvgIpc) is 2.49. The first-order valence-corrected chi connectivity index (χ1v) is 6.33. The second-order valence-electron chi connectivity index (χ2n) is 4.29. The van der Waals surface area contributed by atoms with E-state index in [1.807, 2.05) is 54.6 Å². The average molecular weight is 257 g/mol. The van der Waals surface area contributed by atoms with Gasteiger partial charge in [-0.05, 0) is 23.3 Å². The summed E-state index contributed by atoms with van der Waals surface area (Å²) in [5.41, 5.74) is 8.00. The van der Waals surface area contributed by atoms with E-state index in [1.165, 1.54) is 0 Å². The van der Waals surface area contributed by atoms with Crippen molar-refractivity contribution in [3.05, 3.63) is 65.7 Å². The summed E-state index contributed by atoms with van der Waals surface area (Å²) in [5.74, 6) is 0.836. The normalized spacial score (nSPS) is 12.1. The minimum Gasteiger partial charge on any atom is -0.497 e. The Kier molecular flexibility index (Phi) is 4.95. The summed E-state index contributed by atoms with van der Waals surface area (Å²) in [6.45, 7) is 1.02. The molecular weight excluding hydrogens is 238 g/mol. The smallest absolute Gasteiger partial charge is 0.118 e. The Hall–Kier alpha value is -1.84. The summed E-state index contributed by atoms with van der Waals surface area (Å²) >= 11 is 0. The maximum atomic E-state index is 5.87. The lowest BCUT2D eigenvalue weighted by Gasteiger charge is -2.17. The third kappa shape index (κ3) is 3.81. The fraction of sp³-hybridized carbons (Fsp3) is 0.250. The van der Waals surface area contributed by atoms with Gasteiger partial charge in [0.15, 0.2) is 0 Å². The van der Waals surface area contributed by atoms with Crippen LogP contribution in [-0.4, -0.2) is 13.7 Å². The predicted octanol–water partition coefficient (Wildman–Crippen LogP) is 2.91. The minimum absolute atomic E-state index is 0.0916. The third-order valence-electron chi connectivity index (χ3n) is 3.00. The number of hydrogen-bond acceptors (Lipinski definition) is 3. The largest absolute Gasteiger partial charge is 0.497 e. The van der Waals surface area contributed by atoms with Gasteiger partial charge < -0.3 is 15.2 Å². The zero-order valence-electron chi connectivity index (χ0n) is 11.1. The van der Waals surface area contributed by atoms with Crippen molar-refractivity contribution in [1.82, 2.24) is 0 Å². The van der Waals surface area contributed by atoms with E-state index in [0.717, 1.165) is 16.9 Å². The van der Waals surface area contributed by atoms with Crippen LogP contribution in [-0.2, 0) is 11.3 Å². The first-order valence-electron chi connectivity index (χ1n) is 6.33. The second kappa shape index (κ2) is 6.92. The Balaban J connectivity index is 1.99. The molecule has 0 aliphatic carbocycles. The highest BCUT2D eigenvalue weighted by atomic mass is 16.5. The van der Waals surface area contributed by atoms with Gasteiger partial charge in [-0.3, -0.25) is 0 Å². The quantitative estimate of drug-likeness (QED) is 0.865. The fourth-order valence-electron chi connectivity index (χ4n) is 1.89. The molecule has 0 spiro atoms. The monoisotopic (exact) mass is 257 g/mol. The summed E-state index contributed by atoms with van der Waals surface area (Å²) in [5, 5.41) is 0.